The number of benzene rings is 2. The molecule has 152 valence electrons. The van der Waals surface area contributed by atoms with Gasteiger partial charge in [-0.25, -0.2) is 0 Å². The van der Waals surface area contributed by atoms with Gasteiger partial charge in [-0.3, -0.25) is 15.1 Å². The first-order valence-electron chi connectivity index (χ1n) is 8.43. The molecule has 0 unspecified atom stereocenters. The zero-order valence-electron chi connectivity index (χ0n) is 15.3. The number of H-pyrrole nitrogens is 1. The number of aromatic amines is 1. The molecule has 0 atom stereocenters. The monoisotopic (exact) mass is 405 g/mol. The summed E-state index contributed by atoms with van der Waals surface area (Å²) in [5.74, 6) is -0.786. The van der Waals surface area contributed by atoms with Crippen LogP contribution in [0.3, 0.4) is 0 Å². The summed E-state index contributed by atoms with van der Waals surface area (Å²) >= 11 is 0. The van der Waals surface area contributed by atoms with Crippen LogP contribution in [0, 0.1) is 5.41 Å². The van der Waals surface area contributed by atoms with Crippen LogP contribution in [0.4, 0.5) is 13.2 Å². The topological polar surface area (TPSA) is 121 Å². The molecule has 0 saturated carbocycles. The molecule has 0 bridgehead atoms. The van der Waals surface area contributed by atoms with E-state index in [9.17, 15) is 18.0 Å². The van der Waals surface area contributed by atoms with Gasteiger partial charge in [-0.1, -0.05) is 12.1 Å². The van der Waals surface area contributed by atoms with Crippen LogP contribution in [0.25, 0.3) is 10.9 Å². The lowest BCUT2D eigenvalue weighted by Gasteiger charge is -2.13. The number of fused-ring (bicyclic) bond motifs is 1. The van der Waals surface area contributed by atoms with Gasteiger partial charge in [-0.05, 0) is 35.9 Å². The van der Waals surface area contributed by atoms with Gasteiger partial charge in [-0.15, -0.1) is 0 Å². The number of rotatable bonds is 4. The number of aromatic nitrogens is 1. The van der Waals surface area contributed by atoms with Gasteiger partial charge in [0.25, 0.3) is 5.91 Å². The van der Waals surface area contributed by atoms with Crippen molar-refractivity contribution in [1.82, 2.24) is 9.88 Å². The molecule has 10 heteroatoms. The number of hydrogen-bond donors (Lipinski definition) is 4. The summed E-state index contributed by atoms with van der Waals surface area (Å²) < 4.78 is 46.1. The average molecular weight is 405 g/mol. The van der Waals surface area contributed by atoms with Crippen LogP contribution >= 0.6 is 0 Å². The van der Waals surface area contributed by atoms with Crippen molar-refractivity contribution in [3.8, 4) is 11.5 Å². The molecule has 3 aromatic rings. The van der Waals surface area contributed by atoms with Gasteiger partial charge in [0.05, 0.1) is 11.1 Å². The molecule has 1 amide bonds. The molecule has 0 aliphatic heterocycles. The fourth-order valence-corrected chi connectivity index (χ4v) is 2.75. The molecule has 0 saturated heterocycles. The number of carbonyl (C=O) groups is 1. The molecule has 0 fully saturated rings. The Morgan fingerprint density at radius 2 is 1.86 bits per heavy atom. The first-order chi connectivity index (χ1) is 13.6. The number of carbonyl (C=O) groups excluding carboxylic acids is 1. The average Bonchev–Trinajstić information content (AvgIpc) is 3.12. The Labute approximate surface area is 163 Å². The maximum atomic E-state index is 13.4. The third kappa shape index (κ3) is 4.02. The van der Waals surface area contributed by atoms with E-state index < -0.39 is 23.6 Å². The van der Waals surface area contributed by atoms with E-state index in [1.165, 1.54) is 13.1 Å². The van der Waals surface area contributed by atoms with Crippen LogP contribution in [-0.2, 0) is 12.7 Å². The van der Waals surface area contributed by atoms with Crippen molar-refractivity contribution in [2.75, 3.05) is 7.05 Å². The molecule has 6 N–H and O–H groups in total. The SMILES string of the molecule is CN(C(=N)N)C(=O)c1cc2c(C(F)(F)F)ccc(Oc3ccc(CN)cc3)c2[nH]1. The second kappa shape index (κ2) is 7.47. The second-order valence-electron chi connectivity index (χ2n) is 6.28. The number of halogens is 3. The molecule has 0 aliphatic carbocycles. The molecular weight excluding hydrogens is 387 g/mol. The van der Waals surface area contributed by atoms with E-state index in [-0.39, 0.29) is 22.3 Å². The Kier molecular flexibility index (Phi) is 5.21. The molecule has 0 aliphatic rings. The standard InChI is InChI=1S/C19H18F3N5O2/c1-27(18(24)25)17(28)14-8-12-13(19(20,21)22)6-7-15(16(12)26-14)29-11-4-2-10(9-23)3-5-11/h2-8,26H,9,23H2,1H3,(H3,24,25). The van der Waals surface area contributed by atoms with E-state index in [0.717, 1.165) is 22.6 Å². The van der Waals surface area contributed by atoms with E-state index in [2.05, 4.69) is 4.98 Å². The van der Waals surface area contributed by atoms with Crippen molar-refractivity contribution in [3.63, 3.8) is 0 Å². The number of alkyl halides is 3. The van der Waals surface area contributed by atoms with Crippen molar-refractivity contribution in [2.24, 2.45) is 11.5 Å². The summed E-state index contributed by atoms with van der Waals surface area (Å²) in [6, 6.07) is 9.91. The van der Waals surface area contributed by atoms with E-state index in [0.29, 0.717) is 12.3 Å². The smallest absolute Gasteiger partial charge is 0.417 e. The van der Waals surface area contributed by atoms with E-state index in [1.54, 1.807) is 24.3 Å². The number of hydrogen-bond acceptors (Lipinski definition) is 4. The summed E-state index contributed by atoms with van der Waals surface area (Å²) in [6.07, 6.45) is -4.63. The largest absolute Gasteiger partial charge is 0.455 e. The van der Waals surface area contributed by atoms with Gasteiger partial charge in [0, 0.05) is 19.0 Å². The lowest BCUT2D eigenvalue weighted by molar-refractivity contribution is -0.136. The molecule has 0 radical (unpaired) electrons. The normalized spacial score (nSPS) is 11.5. The molecule has 1 aromatic heterocycles. The number of ether oxygens (including phenoxy) is 1. The highest BCUT2D eigenvalue weighted by Gasteiger charge is 2.34. The minimum Gasteiger partial charge on any atom is -0.455 e. The van der Waals surface area contributed by atoms with Crippen LogP contribution in [0.2, 0.25) is 0 Å². The van der Waals surface area contributed by atoms with Crippen molar-refractivity contribution in [2.45, 2.75) is 12.7 Å². The van der Waals surface area contributed by atoms with Crippen molar-refractivity contribution >= 4 is 22.8 Å². The fourth-order valence-electron chi connectivity index (χ4n) is 2.75. The van der Waals surface area contributed by atoms with Gasteiger partial charge in [0.2, 0.25) is 0 Å². The summed E-state index contributed by atoms with van der Waals surface area (Å²) in [6.45, 7) is 0.344. The van der Waals surface area contributed by atoms with Gasteiger partial charge in [0.1, 0.15) is 11.4 Å². The van der Waals surface area contributed by atoms with Crippen LogP contribution in [-0.4, -0.2) is 28.8 Å². The minimum absolute atomic E-state index is 0.00280. The number of nitrogens with one attached hydrogen (secondary N) is 2. The second-order valence-corrected chi connectivity index (χ2v) is 6.28. The zero-order chi connectivity index (χ0) is 21.3. The third-order valence-corrected chi connectivity index (χ3v) is 4.34. The van der Waals surface area contributed by atoms with Crippen LogP contribution in [0.1, 0.15) is 21.6 Å². The fraction of sp³-hybridized carbons (Fsp3) is 0.158. The molecule has 2 aromatic carbocycles. The molecular formula is C19H18F3N5O2. The van der Waals surface area contributed by atoms with Crippen molar-refractivity contribution < 1.29 is 22.7 Å². The highest BCUT2D eigenvalue weighted by atomic mass is 19.4. The summed E-state index contributed by atoms with van der Waals surface area (Å²) in [5.41, 5.74) is 10.6. The van der Waals surface area contributed by atoms with Gasteiger partial charge < -0.3 is 21.2 Å². The molecule has 29 heavy (non-hydrogen) atoms. The Morgan fingerprint density at radius 3 is 2.41 bits per heavy atom. The lowest BCUT2D eigenvalue weighted by atomic mass is 10.1. The minimum atomic E-state index is -4.63. The van der Waals surface area contributed by atoms with Crippen LogP contribution < -0.4 is 16.2 Å². The Morgan fingerprint density at radius 1 is 1.21 bits per heavy atom. The maximum absolute atomic E-state index is 13.4. The Hall–Kier alpha value is -3.53. The number of nitrogens with zero attached hydrogens (tertiary/aromatic N) is 1. The predicted octanol–water partition coefficient (Wildman–Crippen LogP) is 3.40. The molecule has 7 nitrogen and oxygen atoms in total. The van der Waals surface area contributed by atoms with Crippen molar-refractivity contribution in [3.05, 3.63) is 59.3 Å². The highest BCUT2D eigenvalue weighted by Crippen LogP contribution is 2.39. The van der Waals surface area contributed by atoms with Crippen molar-refractivity contribution in [1.29, 1.82) is 5.41 Å². The summed E-state index contributed by atoms with van der Waals surface area (Å²) in [7, 11) is 1.25. The lowest BCUT2D eigenvalue weighted by Crippen LogP contribution is -2.38. The van der Waals surface area contributed by atoms with Gasteiger partial charge in [-0.2, -0.15) is 13.2 Å². The first kappa shape index (κ1) is 20.2. The Balaban J connectivity index is 2.10. The van der Waals surface area contributed by atoms with E-state index >= 15 is 0 Å². The van der Waals surface area contributed by atoms with E-state index in [1.807, 2.05) is 0 Å². The number of amides is 1. The predicted molar refractivity (Wildman–Crippen MR) is 102 cm³/mol. The molecule has 1 heterocycles. The summed E-state index contributed by atoms with van der Waals surface area (Å²) in [5, 5.41) is 7.11. The quantitative estimate of drug-likeness (QED) is 0.393. The van der Waals surface area contributed by atoms with Gasteiger partial charge in [0.15, 0.2) is 11.7 Å². The third-order valence-electron chi connectivity index (χ3n) is 4.34. The number of guanidine groups is 1. The number of nitrogens with two attached hydrogens (primary N) is 2. The molecule has 3 rings (SSSR count). The van der Waals surface area contributed by atoms with Crippen LogP contribution in [0.5, 0.6) is 11.5 Å². The maximum Gasteiger partial charge on any atom is 0.417 e. The van der Waals surface area contributed by atoms with E-state index in [4.69, 9.17) is 21.6 Å². The zero-order valence-corrected chi connectivity index (χ0v) is 15.3. The Bertz CT molecular complexity index is 1070. The highest BCUT2D eigenvalue weighted by molar-refractivity contribution is 6.06. The first-order valence-corrected chi connectivity index (χ1v) is 8.43. The van der Waals surface area contributed by atoms with Crippen LogP contribution in [0.15, 0.2) is 42.5 Å². The molecule has 0 spiro atoms. The van der Waals surface area contributed by atoms with Gasteiger partial charge >= 0.3 is 6.18 Å². The summed E-state index contributed by atoms with van der Waals surface area (Å²) in [4.78, 5) is 15.9.